The Kier molecular flexibility index (Phi) is 37.8. The van der Waals surface area contributed by atoms with Crippen molar-refractivity contribution in [3.8, 4) is 0 Å². The molecule has 0 saturated heterocycles. The van der Waals surface area contributed by atoms with Crippen LogP contribution in [0.4, 0.5) is 0 Å². The number of nitrogens with two attached hydrogens (primary N) is 1. The van der Waals surface area contributed by atoms with Crippen LogP contribution in [-0.4, -0.2) is 182 Å². The van der Waals surface area contributed by atoms with E-state index in [1.807, 2.05) is 13.8 Å². The molecule has 0 spiro atoms. The Bertz CT molecular complexity index is 2510. The van der Waals surface area contributed by atoms with Crippen LogP contribution in [0, 0.1) is 35.5 Å². The molecule has 0 aliphatic heterocycles. The van der Waals surface area contributed by atoms with Crippen LogP contribution in [0.2, 0.25) is 0 Å². The Morgan fingerprint density at radius 1 is 0.253 bits per heavy atom. The first kappa shape index (κ1) is 83.0. The summed E-state index contributed by atoms with van der Waals surface area (Å²) in [6, 6.07) is -16.6. The average molecular weight is 1300 g/mol. The molecular weight excluding hydrogens is 1190 g/mol. The summed E-state index contributed by atoms with van der Waals surface area (Å²) in [7, 11) is 0. The van der Waals surface area contributed by atoms with E-state index in [2.05, 4.69) is 58.5 Å². The predicted octanol–water partition coefficient (Wildman–Crippen LogP) is -0.338. The zero-order chi connectivity index (χ0) is 70.3. The van der Waals surface area contributed by atoms with Gasteiger partial charge in [-0.15, -0.1) is 0 Å². The highest BCUT2D eigenvalue weighted by Gasteiger charge is 2.37. The van der Waals surface area contributed by atoms with Gasteiger partial charge in [0.05, 0.1) is 6.04 Å². The van der Waals surface area contributed by atoms with Gasteiger partial charge in [0.25, 0.3) is 0 Å². The lowest BCUT2D eigenvalue weighted by Crippen LogP contribution is -2.60. The van der Waals surface area contributed by atoms with Crippen LogP contribution in [0.1, 0.15) is 181 Å². The van der Waals surface area contributed by atoms with Gasteiger partial charge in [-0.2, -0.15) is 0 Å². The molecule has 0 saturated carbocycles. The summed E-state index contributed by atoms with van der Waals surface area (Å²) >= 11 is 0. The number of hydrogen-bond acceptors (Lipinski definition) is 16. The standard InChI is InChI=1S/C60H104N12O19/c1-28(2)22-37(61)52(82)62-34(13)49(79)65-38(16-19-46(73)74)53(83)68-43(25-31(7)8)58(88)70-41(23-29(3)4)56(86)63-35(14)50(80)66-39(17-20-47(75)76)54(84)69-44(26-32(9)10)59(89)71-42(24-30(5)6)57(87)64-36(15)51(81)67-40(18-21-48(77)78)55(85)72-45(60(90)91)27-33(11)12/h28-45H,16-27,61H2,1-15H3,(H,62,82)(H,63,86)(H,64,87)(H,65,79)(H,66,80)(H,67,81)(H,68,83)(H,69,84)(H,70,88)(H,71,89)(H,72,85)(H,73,74)(H,75,76)(H,77,78)(H,90,91)/t34-,35-,36-,37-,38-,39-,40-,41-,42-,43-,44-,45-/m0/s1. The minimum atomic E-state index is -1.64. The van der Waals surface area contributed by atoms with Crippen molar-refractivity contribution in [3.05, 3.63) is 0 Å². The van der Waals surface area contributed by atoms with Gasteiger partial charge in [-0.3, -0.25) is 67.1 Å². The molecule has 0 radical (unpaired) electrons. The maximum Gasteiger partial charge on any atom is 0.326 e. The van der Waals surface area contributed by atoms with Crippen molar-refractivity contribution in [2.75, 3.05) is 0 Å². The third kappa shape index (κ3) is 34.7. The largest absolute Gasteiger partial charge is 0.481 e. The van der Waals surface area contributed by atoms with E-state index < -0.39 is 200 Å². The SMILES string of the molecule is CC(C)C[C@H](NC(=O)[C@H](CCC(=O)O)NC(=O)[C@H](C)NC(=O)[C@H](CC(C)C)NC(=O)[C@H](CC(C)C)NC(=O)[C@H](CCC(=O)O)NC(=O)[C@H](C)NC(=O)[C@H](CC(C)C)NC(=O)[C@H](CC(C)C)NC(=O)[C@H](CCC(=O)O)NC(=O)[C@H](C)NC(=O)[C@@H](N)CC(C)C)C(=O)O. The monoisotopic (exact) mass is 1300 g/mol. The summed E-state index contributed by atoms with van der Waals surface area (Å²) in [4.78, 5) is 197. The number of amides is 11. The van der Waals surface area contributed by atoms with Gasteiger partial charge < -0.3 is 84.6 Å². The Hall–Kier alpha value is -7.99. The fourth-order valence-electron chi connectivity index (χ4n) is 9.13. The Morgan fingerprint density at radius 3 is 0.659 bits per heavy atom. The number of carbonyl (C=O) groups excluding carboxylic acids is 11. The van der Waals surface area contributed by atoms with Crippen LogP contribution in [-0.2, 0) is 71.9 Å². The van der Waals surface area contributed by atoms with Crippen LogP contribution < -0.4 is 64.2 Å². The minimum Gasteiger partial charge on any atom is -0.481 e. The van der Waals surface area contributed by atoms with E-state index in [0.29, 0.717) is 6.42 Å². The summed E-state index contributed by atoms with van der Waals surface area (Å²) < 4.78 is 0. The van der Waals surface area contributed by atoms with Crippen molar-refractivity contribution in [1.29, 1.82) is 0 Å². The van der Waals surface area contributed by atoms with Gasteiger partial charge in [-0.1, -0.05) is 83.1 Å². The molecule has 0 fully saturated rings. The summed E-state index contributed by atoms with van der Waals surface area (Å²) in [6.07, 6.45) is -2.95. The van der Waals surface area contributed by atoms with Gasteiger partial charge in [0.1, 0.15) is 66.5 Å². The number of nitrogens with one attached hydrogen (secondary N) is 11. The Morgan fingerprint density at radius 2 is 0.440 bits per heavy atom. The highest BCUT2D eigenvalue weighted by Crippen LogP contribution is 2.15. The van der Waals surface area contributed by atoms with Gasteiger partial charge in [-0.25, -0.2) is 4.79 Å². The number of carbonyl (C=O) groups is 15. The number of hydrogen-bond donors (Lipinski definition) is 16. The van der Waals surface area contributed by atoms with Crippen molar-refractivity contribution in [2.45, 2.75) is 253 Å². The molecule has 518 valence electrons. The van der Waals surface area contributed by atoms with Crippen molar-refractivity contribution in [3.63, 3.8) is 0 Å². The lowest BCUT2D eigenvalue weighted by Gasteiger charge is -2.28. The molecule has 0 heterocycles. The molecule has 0 aromatic heterocycles. The molecule has 17 N–H and O–H groups in total. The van der Waals surface area contributed by atoms with E-state index in [9.17, 15) is 92.3 Å². The molecule has 91 heavy (non-hydrogen) atoms. The average Bonchev–Trinajstić information content (AvgIpc) is 1.91. The molecule has 31 heteroatoms. The number of rotatable bonds is 44. The second-order valence-corrected chi connectivity index (χ2v) is 25.7. The lowest BCUT2D eigenvalue weighted by molar-refractivity contribution is -0.143. The Balaban J connectivity index is 6.60. The van der Waals surface area contributed by atoms with Crippen molar-refractivity contribution in [2.24, 2.45) is 41.2 Å². The smallest absolute Gasteiger partial charge is 0.326 e. The molecule has 0 aliphatic rings. The van der Waals surface area contributed by atoms with Crippen molar-refractivity contribution in [1.82, 2.24) is 58.5 Å². The van der Waals surface area contributed by atoms with Gasteiger partial charge in [0.2, 0.25) is 65.0 Å². The fourth-order valence-corrected chi connectivity index (χ4v) is 9.13. The molecule has 12 atom stereocenters. The molecule has 0 aliphatic carbocycles. The summed E-state index contributed by atoms with van der Waals surface area (Å²) in [5, 5.41) is 65.4. The van der Waals surface area contributed by atoms with E-state index in [1.54, 1.807) is 69.2 Å². The molecule has 0 unspecified atom stereocenters. The second kappa shape index (κ2) is 41.4. The maximum absolute atomic E-state index is 14.1. The first-order chi connectivity index (χ1) is 42.0. The first-order valence-corrected chi connectivity index (χ1v) is 31.0. The summed E-state index contributed by atoms with van der Waals surface area (Å²) in [6.45, 7) is 24.8. The van der Waals surface area contributed by atoms with E-state index in [-0.39, 0.29) is 67.6 Å². The Labute approximate surface area is 532 Å². The minimum absolute atomic E-state index is 0.0114. The molecule has 0 aromatic carbocycles. The molecule has 0 rings (SSSR count). The van der Waals surface area contributed by atoms with E-state index in [0.717, 1.165) is 0 Å². The van der Waals surface area contributed by atoms with E-state index in [1.165, 1.54) is 20.8 Å². The first-order valence-electron chi connectivity index (χ1n) is 31.0. The number of carboxylic acids is 4. The highest BCUT2D eigenvalue weighted by molar-refractivity contribution is 5.99. The van der Waals surface area contributed by atoms with Gasteiger partial charge in [0.15, 0.2) is 0 Å². The lowest BCUT2D eigenvalue weighted by atomic mass is 9.99. The van der Waals surface area contributed by atoms with Gasteiger partial charge in [0, 0.05) is 19.3 Å². The van der Waals surface area contributed by atoms with Crippen LogP contribution >= 0.6 is 0 Å². The quantitative estimate of drug-likeness (QED) is 0.0371. The topological polar surface area (TPSA) is 495 Å². The third-order valence-corrected chi connectivity index (χ3v) is 13.8. The van der Waals surface area contributed by atoms with Gasteiger partial charge >= 0.3 is 23.9 Å². The van der Waals surface area contributed by atoms with Crippen LogP contribution in [0.5, 0.6) is 0 Å². The third-order valence-electron chi connectivity index (χ3n) is 13.8. The number of carboxylic acid groups (broad SMARTS) is 4. The predicted molar refractivity (Wildman–Crippen MR) is 331 cm³/mol. The highest BCUT2D eigenvalue weighted by atomic mass is 16.4. The van der Waals surface area contributed by atoms with E-state index >= 15 is 0 Å². The van der Waals surface area contributed by atoms with Gasteiger partial charge in [-0.05, 0) is 114 Å². The summed E-state index contributed by atoms with van der Waals surface area (Å²) in [5.74, 6) is -16.4. The van der Waals surface area contributed by atoms with Crippen molar-refractivity contribution < 1.29 is 92.3 Å². The second-order valence-electron chi connectivity index (χ2n) is 25.7. The molecular formula is C60H104N12O19. The van der Waals surface area contributed by atoms with Crippen LogP contribution in [0.3, 0.4) is 0 Å². The fraction of sp³-hybridized carbons (Fsp3) is 0.750. The summed E-state index contributed by atoms with van der Waals surface area (Å²) in [5.41, 5.74) is 5.96. The zero-order valence-corrected chi connectivity index (χ0v) is 55.4. The molecule has 0 aromatic rings. The van der Waals surface area contributed by atoms with E-state index in [4.69, 9.17) is 5.73 Å². The normalized spacial score (nSPS) is 15.4. The van der Waals surface area contributed by atoms with Crippen LogP contribution in [0.25, 0.3) is 0 Å². The number of aliphatic carboxylic acids is 4. The molecule has 0 bridgehead atoms. The zero-order valence-electron chi connectivity index (χ0n) is 55.4. The maximum atomic E-state index is 14.1. The van der Waals surface area contributed by atoms with Crippen molar-refractivity contribution >= 4 is 88.9 Å². The molecule has 11 amide bonds. The molecule has 31 nitrogen and oxygen atoms in total. The van der Waals surface area contributed by atoms with Crippen LogP contribution in [0.15, 0.2) is 0 Å².